The number of fused-ring (bicyclic) bond motifs is 2. The van der Waals surface area contributed by atoms with Gasteiger partial charge in [-0.1, -0.05) is 6.42 Å². The van der Waals surface area contributed by atoms with Crippen LogP contribution in [0.15, 0.2) is 0 Å². The van der Waals surface area contributed by atoms with E-state index in [1.54, 1.807) is 0 Å². The van der Waals surface area contributed by atoms with E-state index in [1.165, 1.54) is 0 Å². The summed E-state index contributed by atoms with van der Waals surface area (Å²) in [6.45, 7) is 0. The number of Topliss-reactive ketones (excluding diaryl/α,β-unsaturated/α-hetero) is 1. The van der Waals surface area contributed by atoms with Gasteiger partial charge in [0, 0.05) is 24.2 Å². The largest absolute Gasteiger partial charge is 0.344 e. The van der Waals surface area contributed by atoms with Crippen molar-refractivity contribution in [2.45, 2.75) is 43.4 Å². The summed E-state index contributed by atoms with van der Waals surface area (Å²) in [5.74, 6) is 0.185. The number of rotatable bonds is 0. The van der Waals surface area contributed by atoms with Crippen molar-refractivity contribution in [1.82, 2.24) is 0 Å². The Balaban J connectivity index is 2.29. The number of ketones is 1. The van der Waals surface area contributed by atoms with Crippen LogP contribution in [0.4, 0.5) is 0 Å². The Morgan fingerprint density at radius 1 is 1.25 bits per heavy atom. The predicted octanol–water partition coefficient (Wildman–Crippen LogP) is 1.54. The molecule has 0 amide bonds. The fourth-order valence-electron chi connectivity index (χ4n) is 2.33. The van der Waals surface area contributed by atoms with Crippen LogP contribution in [0.25, 0.3) is 0 Å². The Morgan fingerprint density at radius 2 is 1.75 bits per heavy atom. The average molecular weight is 188 g/mol. The first kappa shape index (κ1) is 8.46. The van der Waals surface area contributed by atoms with Crippen molar-refractivity contribution in [3.8, 4) is 0 Å². The van der Waals surface area contributed by atoms with Crippen molar-refractivity contribution >= 4 is 13.2 Å². The van der Waals surface area contributed by atoms with Gasteiger partial charge in [-0.05, 0) is 12.8 Å². The molecule has 2 atom stereocenters. The number of hydrogen-bond acceptors (Lipinski definition) is 2. The lowest BCUT2D eigenvalue weighted by Crippen LogP contribution is -2.33. The molecule has 0 aromatic rings. The average Bonchev–Trinajstić information content (AvgIpc) is 1.92. The van der Waals surface area contributed by atoms with E-state index in [0.29, 0.717) is 12.8 Å². The third-order valence-corrected chi connectivity index (χ3v) is 6.02. The zero-order valence-electron chi connectivity index (χ0n) is 6.90. The van der Waals surface area contributed by atoms with Crippen molar-refractivity contribution in [3.05, 3.63) is 0 Å². The second-order valence-corrected chi connectivity index (χ2v) is 6.66. The molecule has 4 heteroatoms. The molecule has 0 saturated carbocycles. The van der Waals surface area contributed by atoms with Crippen LogP contribution in [0.3, 0.4) is 0 Å². The van der Waals surface area contributed by atoms with Crippen molar-refractivity contribution in [1.29, 1.82) is 0 Å². The third-order valence-electron chi connectivity index (χ3n) is 3.05. The molecule has 0 aliphatic carbocycles. The fourth-order valence-corrected chi connectivity index (χ4v) is 4.96. The van der Waals surface area contributed by atoms with Crippen molar-refractivity contribution in [2.75, 3.05) is 0 Å². The van der Waals surface area contributed by atoms with Gasteiger partial charge in [-0.25, -0.2) is 0 Å². The highest BCUT2D eigenvalue weighted by molar-refractivity contribution is 7.59. The minimum absolute atomic E-state index is 0.185. The van der Waals surface area contributed by atoms with Crippen LogP contribution in [-0.2, 0) is 9.36 Å². The highest BCUT2D eigenvalue weighted by atomic mass is 31.2. The summed E-state index contributed by atoms with van der Waals surface area (Å²) >= 11 is 0. The quantitative estimate of drug-likeness (QED) is 0.586. The van der Waals surface area contributed by atoms with Gasteiger partial charge in [-0.3, -0.25) is 9.36 Å². The lowest BCUT2D eigenvalue weighted by molar-refractivity contribution is -0.119. The van der Waals surface area contributed by atoms with E-state index >= 15 is 0 Å². The number of hydrogen-bond donors (Lipinski definition) is 1. The normalized spacial score (nSPS) is 47.6. The maximum absolute atomic E-state index is 11.7. The Bertz CT molecular complexity index is 241. The summed E-state index contributed by atoms with van der Waals surface area (Å²) in [6.07, 6.45) is 3.27. The van der Waals surface area contributed by atoms with Crippen LogP contribution in [-0.4, -0.2) is 22.0 Å². The summed E-state index contributed by atoms with van der Waals surface area (Å²) < 4.78 is 11.7. The van der Waals surface area contributed by atoms with Gasteiger partial charge >= 0.3 is 0 Å². The van der Waals surface area contributed by atoms with Gasteiger partial charge < -0.3 is 4.89 Å². The van der Waals surface area contributed by atoms with Crippen LogP contribution in [0.1, 0.15) is 32.1 Å². The molecule has 1 N–H and O–H groups in total. The molecule has 2 bridgehead atoms. The van der Waals surface area contributed by atoms with E-state index in [0.717, 1.165) is 19.3 Å². The Labute approximate surface area is 71.6 Å². The van der Waals surface area contributed by atoms with Crippen LogP contribution < -0.4 is 0 Å². The molecule has 0 spiro atoms. The summed E-state index contributed by atoms with van der Waals surface area (Å²) in [5, 5.41) is 0. The monoisotopic (exact) mass is 188 g/mol. The fraction of sp³-hybridized carbons (Fsp3) is 0.875. The second-order valence-electron chi connectivity index (χ2n) is 3.86. The first-order chi connectivity index (χ1) is 5.60. The van der Waals surface area contributed by atoms with Crippen LogP contribution in [0, 0.1) is 0 Å². The molecule has 3 nitrogen and oxygen atoms in total. The van der Waals surface area contributed by atoms with E-state index in [9.17, 15) is 14.3 Å². The highest BCUT2D eigenvalue weighted by Crippen LogP contribution is 2.62. The van der Waals surface area contributed by atoms with Crippen molar-refractivity contribution < 1.29 is 14.3 Å². The molecule has 68 valence electrons. The van der Waals surface area contributed by atoms with E-state index in [2.05, 4.69) is 0 Å². The van der Waals surface area contributed by atoms with Crippen LogP contribution >= 0.6 is 7.37 Å². The van der Waals surface area contributed by atoms with Gasteiger partial charge in [0.05, 0.1) is 0 Å². The zero-order chi connectivity index (χ0) is 8.77. The summed E-state index contributed by atoms with van der Waals surface area (Å²) in [4.78, 5) is 20.8. The maximum Gasteiger partial charge on any atom is 0.207 e. The third kappa shape index (κ3) is 1.16. The van der Waals surface area contributed by atoms with Gasteiger partial charge in [-0.15, -0.1) is 0 Å². The molecule has 2 rings (SSSR count). The molecule has 12 heavy (non-hydrogen) atoms. The van der Waals surface area contributed by atoms with Gasteiger partial charge in [0.25, 0.3) is 0 Å². The Hall–Kier alpha value is -0.140. The molecular weight excluding hydrogens is 175 g/mol. The molecule has 0 aromatic carbocycles. The van der Waals surface area contributed by atoms with E-state index in [4.69, 9.17) is 0 Å². The van der Waals surface area contributed by atoms with Gasteiger partial charge in [0.15, 0.2) is 0 Å². The molecule has 2 fully saturated rings. The first-order valence-electron chi connectivity index (χ1n) is 4.44. The van der Waals surface area contributed by atoms with Gasteiger partial charge in [-0.2, -0.15) is 0 Å². The molecule has 2 heterocycles. The predicted molar refractivity (Wildman–Crippen MR) is 45.5 cm³/mol. The van der Waals surface area contributed by atoms with Crippen LogP contribution in [0.5, 0.6) is 0 Å². The Morgan fingerprint density at radius 3 is 2.25 bits per heavy atom. The lowest BCUT2D eigenvalue weighted by atomic mass is 9.98. The summed E-state index contributed by atoms with van der Waals surface area (Å²) in [6, 6.07) is 0. The Kier molecular flexibility index (Phi) is 1.89. The molecule has 2 aliphatic rings. The van der Waals surface area contributed by atoms with Crippen molar-refractivity contribution in [2.24, 2.45) is 0 Å². The molecular formula is C8H13O3P. The zero-order valence-corrected chi connectivity index (χ0v) is 7.80. The molecule has 0 aromatic heterocycles. The van der Waals surface area contributed by atoms with E-state index in [1.807, 2.05) is 0 Å². The second kappa shape index (κ2) is 2.68. The number of carbonyl (C=O) groups is 1. The van der Waals surface area contributed by atoms with Gasteiger partial charge in [0.1, 0.15) is 5.78 Å². The standard InChI is InChI=1S/C8H13O3P/c9-6-4-7-2-1-3-8(5-6)12(7,10)11/h7-8H,1-5H2,(H,10,11). The highest BCUT2D eigenvalue weighted by Gasteiger charge is 2.47. The minimum Gasteiger partial charge on any atom is -0.344 e. The number of carbonyl (C=O) groups excluding carboxylic acids is 1. The minimum atomic E-state index is -2.96. The summed E-state index contributed by atoms with van der Waals surface area (Å²) in [5.41, 5.74) is -0.394. The molecule has 2 unspecified atom stereocenters. The van der Waals surface area contributed by atoms with Crippen LogP contribution in [0.2, 0.25) is 0 Å². The maximum atomic E-state index is 11.7. The van der Waals surface area contributed by atoms with E-state index < -0.39 is 7.37 Å². The molecule has 0 radical (unpaired) electrons. The summed E-state index contributed by atoms with van der Waals surface area (Å²) in [7, 11) is -2.96. The lowest BCUT2D eigenvalue weighted by Gasteiger charge is -2.37. The molecule has 2 aliphatic heterocycles. The van der Waals surface area contributed by atoms with Gasteiger partial charge in [0.2, 0.25) is 7.37 Å². The van der Waals surface area contributed by atoms with Crippen molar-refractivity contribution in [3.63, 3.8) is 0 Å². The smallest absolute Gasteiger partial charge is 0.207 e. The first-order valence-corrected chi connectivity index (χ1v) is 6.24. The molecule has 2 saturated heterocycles. The SMILES string of the molecule is O=C1CC2CCCC(C1)P2(=O)O. The van der Waals surface area contributed by atoms with E-state index in [-0.39, 0.29) is 17.1 Å². The topological polar surface area (TPSA) is 54.4 Å².